The predicted octanol–water partition coefficient (Wildman–Crippen LogP) is 2.16. The number of rotatable bonds is 6. The van der Waals surface area contributed by atoms with Gasteiger partial charge in [0.1, 0.15) is 5.75 Å². The molecule has 1 fully saturated rings. The number of hydrogen-bond acceptors (Lipinski definition) is 4. The molecular weight excluding hydrogens is 228 g/mol. The van der Waals surface area contributed by atoms with Gasteiger partial charge < -0.3 is 9.47 Å². The summed E-state index contributed by atoms with van der Waals surface area (Å²) in [4.78, 5) is 0. The fourth-order valence-corrected chi connectivity index (χ4v) is 2.67. The molecule has 1 saturated carbocycles. The SMILES string of the molecule is CCOc1ccccc1C(NN)C1(OC)CCC1. The van der Waals surface area contributed by atoms with Gasteiger partial charge in [-0.1, -0.05) is 18.2 Å². The second-order valence-electron chi connectivity index (χ2n) is 4.69. The van der Waals surface area contributed by atoms with E-state index >= 15 is 0 Å². The maximum absolute atomic E-state index is 5.76. The van der Waals surface area contributed by atoms with Gasteiger partial charge >= 0.3 is 0 Å². The Balaban J connectivity index is 2.32. The molecule has 0 amide bonds. The van der Waals surface area contributed by atoms with Gasteiger partial charge in [0.15, 0.2) is 0 Å². The Labute approximate surface area is 108 Å². The van der Waals surface area contributed by atoms with E-state index in [1.165, 1.54) is 6.42 Å². The maximum atomic E-state index is 5.76. The van der Waals surface area contributed by atoms with Crippen molar-refractivity contribution in [3.63, 3.8) is 0 Å². The molecule has 0 saturated heterocycles. The Morgan fingerprint density at radius 1 is 1.39 bits per heavy atom. The standard InChI is InChI=1S/C14H22N2O2/c1-3-18-12-8-5-4-7-11(12)13(16-15)14(17-2)9-6-10-14/h4-5,7-8,13,16H,3,6,9-10,15H2,1-2H3. The van der Waals surface area contributed by atoms with Crippen LogP contribution in [0.4, 0.5) is 0 Å². The predicted molar refractivity (Wildman–Crippen MR) is 71.3 cm³/mol. The number of hydrogen-bond donors (Lipinski definition) is 2. The van der Waals surface area contributed by atoms with Crippen molar-refractivity contribution in [1.82, 2.24) is 5.43 Å². The van der Waals surface area contributed by atoms with Gasteiger partial charge in [0, 0.05) is 12.7 Å². The third-order valence-corrected chi connectivity index (χ3v) is 3.83. The number of nitrogens with one attached hydrogen (secondary N) is 1. The molecule has 0 aromatic heterocycles. The molecule has 4 heteroatoms. The smallest absolute Gasteiger partial charge is 0.124 e. The summed E-state index contributed by atoms with van der Waals surface area (Å²) in [6.45, 7) is 2.63. The van der Waals surface area contributed by atoms with Crippen molar-refractivity contribution in [2.75, 3.05) is 13.7 Å². The molecule has 3 N–H and O–H groups in total. The molecular formula is C14H22N2O2. The highest BCUT2D eigenvalue weighted by molar-refractivity contribution is 5.38. The van der Waals surface area contributed by atoms with Crippen LogP contribution >= 0.6 is 0 Å². The van der Waals surface area contributed by atoms with E-state index in [2.05, 4.69) is 11.5 Å². The van der Waals surface area contributed by atoms with Crippen LogP contribution in [0.1, 0.15) is 37.8 Å². The van der Waals surface area contributed by atoms with Crippen molar-refractivity contribution in [2.24, 2.45) is 5.84 Å². The second kappa shape index (κ2) is 5.69. The van der Waals surface area contributed by atoms with Crippen LogP contribution in [0.2, 0.25) is 0 Å². The summed E-state index contributed by atoms with van der Waals surface area (Å²) >= 11 is 0. The molecule has 1 aromatic carbocycles. The molecule has 1 aromatic rings. The molecule has 0 bridgehead atoms. The minimum absolute atomic E-state index is 0.0287. The van der Waals surface area contributed by atoms with E-state index in [-0.39, 0.29) is 11.6 Å². The Morgan fingerprint density at radius 3 is 2.61 bits per heavy atom. The third kappa shape index (κ3) is 2.23. The molecule has 2 rings (SSSR count). The monoisotopic (exact) mass is 250 g/mol. The van der Waals surface area contributed by atoms with Gasteiger partial charge in [0.05, 0.1) is 18.2 Å². The van der Waals surface area contributed by atoms with Gasteiger partial charge in [-0.2, -0.15) is 0 Å². The van der Waals surface area contributed by atoms with Crippen LogP contribution in [0.3, 0.4) is 0 Å². The largest absolute Gasteiger partial charge is 0.494 e. The lowest BCUT2D eigenvalue weighted by molar-refractivity contribution is -0.100. The lowest BCUT2D eigenvalue weighted by Crippen LogP contribution is -2.52. The zero-order valence-corrected chi connectivity index (χ0v) is 11.1. The van der Waals surface area contributed by atoms with E-state index in [0.29, 0.717) is 6.61 Å². The maximum Gasteiger partial charge on any atom is 0.124 e. The average molecular weight is 250 g/mol. The molecule has 1 aliphatic carbocycles. The number of hydrazine groups is 1. The van der Waals surface area contributed by atoms with E-state index in [1.807, 2.05) is 25.1 Å². The Kier molecular flexibility index (Phi) is 4.22. The van der Waals surface area contributed by atoms with Crippen LogP contribution in [0.15, 0.2) is 24.3 Å². The van der Waals surface area contributed by atoms with Crippen LogP contribution in [-0.2, 0) is 4.74 Å². The summed E-state index contributed by atoms with van der Waals surface area (Å²) in [7, 11) is 1.76. The van der Waals surface area contributed by atoms with E-state index in [9.17, 15) is 0 Å². The first kappa shape index (κ1) is 13.3. The average Bonchev–Trinajstić information content (AvgIpc) is 2.35. The molecule has 0 heterocycles. The summed E-state index contributed by atoms with van der Waals surface area (Å²) in [5.74, 6) is 6.64. The minimum Gasteiger partial charge on any atom is -0.494 e. The summed E-state index contributed by atoms with van der Waals surface area (Å²) < 4.78 is 11.4. The van der Waals surface area contributed by atoms with E-state index in [1.54, 1.807) is 7.11 Å². The van der Waals surface area contributed by atoms with Crippen molar-refractivity contribution >= 4 is 0 Å². The molecule has 18 heavy (non-hydrogen) atoms. The van der Waals surface area contributed by atoms with Crippen LogP contribution in [0.5, 0.6) is 5.75 Å². The Morgan fingerprint density at radius 2 is 2.11 bits per heavy atom. The van der Waals surface area contributed by atoms with Crippen LogP contribution < -0.4 is 16.0 Å². The molecule has 100 valence electrons. The quantitative estimate of drug-likeness (QED) is 0.600. The van der Waals surface area contributed by atoms with Crippen LogP contribution in [0, 0.1) is 0 Å². The number of benzene rings is 1. The molecule has 1 aliphatic rings. The number of ether oxygens (including phenoxy) is 2. The number of methoxy groups -OCH3 is 1. The molecule has 0 spiro atoms. The zero-order chi connectivity index (χ0) is 13.0. The summed E-state index contributed by atoms with van der Waals surface area (Å²) in [5, 5.41) is 0. The fraction of sp³-hybridized carbons (Fsp3) is 0.571. The van der Waals surface area contributed by atoms with Crippen molar-refractivity contribution < 1.29 is 9.47 Å². The normalized spacial score (nSPS) is 19.1. The zero-order valence-electron chi connectivity index (χ0n) is 11.1. The molecule has 1 atom stereocenters. The fourth-order valence-electron chi connectivity index (χ4n) is 2.67. The summed E-state index contributed by atoms with van der Waals surface area (Å²) in [5.41, 5.74) is 3.79. The van der Waals surface area contributed by atoms with E-state index in [0.717, 1.165) is 24.2 Å². The van der Waals surface area contributed by atoms with E-state index in [4.69, 9.17) is 15.3 Å². The molecule has 0 radical (unpaired) electrons. The Hall–Kier alpha value is -1.10. The van der Waals surface area contributed by atoms with Gasteiger partial charge in [-0.15, -0.1) is 0 Å². The molecule has 4 nitrogen and oxygen atoms in total. The second-order valence-corrected chi connectivity index (χ2v) is 4.69. The molecule has 0 aliphatic heterocycles. The highest BCUT2D eigenvalue weighted by atomic mass is 16.5. The van der Waals surface area contributed by atoms with Crippen molar-refractivity contribution in [3.8, 4) is 5.75 Å². The van der Waals surface area contributed by atoms with E-state index < -0.39 is 0 Å². The first-order valence-corrected chi connectivity index (χ1v) is 6.50. The number of nitrogens with two attached hydrogens (primary N) is 1. The van der Waals surface area contributed by atoms with Gasteiger partial charge in [0.2, 0.25) is 0 Å². The highest BCUT2D eigenvalue weighted by Crippen LogP contribution is 2.46. The van der Waals surface area contributed by atoms with Gasteiger partial charge in [-0.25, -0.2) is 5.43 Å². The lowest BCUT2D eigenvalue weighted by Gasteiger charge is -2.46. The summed E-state index contributed by atoms with van der Waals surface area (Å²) in [6, 6.07) is 7.98. The third-order valence-electron chi connectivity index (χ3n) is 3.83. The first-order valence-electron chi connectivity index (χ1n) is 6.50. The van der Waals surface area contributed by atoms with Gasteiger partial charge in [0.25, 0.3) is 0 Å². The Bertz CT molecular complexity index is 386. The topological polar surface area (TPSA) is 56.5 Å². The molecule has 1 unspecified atom stereocenters. The van der Waals surface area contributed by atoms with Crippen molar-refractivity contribution in [1.29, 1.82) is 0 Å². The minimum atomic E-state index is -0.193. The lowest BCUT2D eigenvalue weighted by atomic mass is 9.72. The number of para-hydroxylation sites is 1. The van der Waals surface area contributed by atoms with Crippen LogP contribution in [-0.4, -0.2) is 19.3 Å². The first-order chi connectivity index (χ1) is 8.77. The van der Waals surface area contributed by atoms with Crippen molar-refractivity contribution in [3.05, 3.63) is 29.8 Å². The highest BCUT2D eigenvalue weighted by Gasteiger charge is 2.45. The van der Waals surface area contributed by atoms with Gasteiger partial charge in [-0.05, 0) is 32.3 Å². The summed E-state index contributed by atoms with van der Waals surface area (Å²) in [6.07, 6.45) is 3.24. The van der Waals surface area contributed by atoms with Gasteiger partial charge in [-0.3, -0.25) is 5.84 Å². The van der Waals surface area contributed by atoms with Crippen molar-refractivity contribution in [2.45, 2.75) is 37.8 Å². The van der Waals surface area contributed by atoms with Crippen LogP contribution in [0.25, 0.3) is 0 Å².